The van der Waals surface area contributed by atoms with Crippen LogP contribution in [0, 0.1) is 0 Å². The Hall–Kier alpha value is -0.570. The van der Waals surface area contributed by atoms with Crippen molar-refractivity contribution in [1.29, 1.82) is 0 Å². The van der Waals surface area contributed by atoms with Crippen molar-refractivity contribution in [2.45, 2.75) is 12.6 Å². The fourth-order valence-corrected chi connectivity index (χ4v) is 1.35. The third-order valence-corrected chi connectivity index (χ3v) is 2.98. The van der Waals surface area contributed by atoms with E-state index in [0.717, 1.165) is 0 Å². The zero-order valence-corrected chi connectivity index (χ0v) is 9.27. The van der Waals surface area contributed by atoms with E-state index < -0.39 is 5.67 Å². The SMILES string of the molecule is COc1cccc([C@](C)(F)CBr)c1. The summed E-state index contributed by atoms with van der Waals surface area (Å²) in [6, 6.07) is 7.05. The Kier molecular flexibility index (Phi) is 3.31. The molecule has 0 fully saturated rings. The summed E-state index contributed by atoms with van der Waals surface area (Å²) < 4.78 is 18.8. The van der Waals surface area contributed by atoms with Crippen LogP contribution in [0.1, 0.15) is 12.5 Å². The van der Waals surface area contributed by atoms with E-state index in [2.05, 4.69) is 15.9 Å². The van der Waals surface area contributed by atoms with Crippen molar-refractivity contribution in [3.63, 3.8) is 0 Å². The molecular formula is C10H12BrFO. The van der Waals surface area contributed by atoms with Gasteiger partial charge in [-0.25, -0.2) is 4.39 Å². The number of methoxy groups -OCH3 is 1. The van der Waals surface area contributed by atoms with E-state index >= 15 is 0 Å². The topological polar surface area (TPSA) is 9.23 Å². The highest BCUT2D eigenvalue weighted by molar-refractivity contribution is 9.09. The zero-order valence-electron chi connectivity index (χ0n) is 7.68. The Labute approximate surface area is 86.0 Å². The van der Waals surface area contributed by atoms with Crippen molar-refractivity contribution in [1.82, 2.24) is 0 Å². The van der Waals surface area contributed by atoms with Gasteiger partial charge in [0, 0.05) is 5.33 Å². The molecule has 1 rings (SSSR count). The van der Waals surface area contributed by atoms with Crippen LogP contribution in [0.2, 0.25) is 0 Å². The summed E-state index contributed by atoms with van der Waals surface area (Å²) in [5.74, 6) is 0.683. The molecule has 1 aromatic carbocycles. The molecule has 0 aromatic heterocycles. The lowest BCUT2D eigenvalue weighted by Gasteiger charge is -2.18. The summed E-state index contributed by atoms with van der Waals surface area (Å²) in [5.41, 5.74) is -0.710. The van der Waals surface area contributed by atoms with Gasteiger partial charge in [-0.1, -0.05) is 28.1 Å². The summed E-state index contributed by atoms with van der Waals surface area (Å²) in [4.78, 5) is 0. The van der Waals surface area contributed by atoms with Crippen LogP contribution in [0.5, 0.6) is 5.75 Å². The van der Waals surface area contributed by atoms with Crippen LogP contribution < -0.4 is 4.74 Å². The van der Waals surface area contributed by atoms with Gasteiger partial charge in [-0.15, -0.1) is 0 Å². The lowest BCUT2D eigenvalue weighted by atomic mass is 10.0. The number of hydrogen-bond acceptors (Lipinski definition) is 1. The van der Waals surface area contributed by atoms with E-state index in [4.69, 9.17) is 4.74 Å². The zero-order chi connectivity index (χ0) is 9.90. The van der Waals surface area contributed by atoms with E-state index in [1.165, 1.54) is 6.92 Å². The van der Waals surface area contributed by atoms with Crippen molar-refractivity contribution >= 4 is 15.9 Å². The van der Waals surface area contributed by atoms with Crippen molar-refractivity contribution in [2.75, 3.05) is 12.4 Å². The van der Waals surface area contributed by atoms with Crippen molar-refractivity contribution in [2.24, 2.45) is 0 Å². The minimum atomic E-state index is -1.34. The molecule has 0 unspecified atom stereocenters. The van der Waals surface area contributed by atoms with Gasteiger partial charge in [0.1, 0.15) is 11.4 Å². The third kappa shape index (κ3) is 2.44. The molecule has 0 aliphatic carbocycles. The van der Waals surface area contributed by atoms with Crippen LogP contribution in [0.15, 0.2) is 24.3 Å². The summed E-state index contributed by atoms with van der Waals surface area (Å²) in [6.07, 6.45) is 0. The van der Waals surface area contributed by atoms with Crippen molar-refractivity contribution < 1.29 is 9.13 Å². The highest BCUT2D eigenvalue weighted by Gasteiger charge is 2.24. The molecule has 0 saturated carbocycles. The maximum Gasteiger partial charge on any atom is 0.143 e. The van der Waals surface area contributed by atoms with Crippen LogP contribution in [0.4, 0.5) is 4.39 Å². The first-order valence-electron chi connectivity index (χ1n) is 3.99. The molecule has 0 aliphatic heterocycles. The molecule has 1 atom stereocenters. The van der Waals surface area contributed by atoms with Crippen LogP contribution >= 0.6 is 15.9 Å². The third-order valence-electron chi connectivity index (χ3n) is 1.92. The Bertz CT molecular complexity index is 286. The quantitative estimate of drug-likeness (QED) is 0.745. The maximum absolute atomic E-state index is 13.8. The molecule has 1 aromatic rings. The molecule has 0 saturated heterocycles. The van der Waals surface area contributed by atoms with Gasteiger partial charge in [0.05, 0.1) is 7.11 Å². The van der Waals surface area contributed by atoms with Crippen LogP contribution in [0.3, 0.4) is 0 Å². The van der Waals surface area contributed by atoms with Crippen LogP contribution in [-0.2, 0) is 5.67 Å². The molecule has 3 heteroatoms. The second-order valence-corrected chi connectivity index (χ2v) is 3.62. The maximum atomic E-state index is 13.8. The number of hydrogen-bond donors (Lipinski definition) is 0. The monoisotopic (exact) mass is 246 g/mol. The predicted octanol–water partition coefficient (Wildman–Crippen LogP) is 3.27. The van der Waals surface area contributed by atoms with Gasteiger partial charge in [0.25, 0.3) is 0 Å². The summed E-state index contributed by atoms with van der Waals surface area (Å²) >= 11 is 3.14. The second kappa shape index (κ2) is 4.09. The average molecular weight is 247 g/mol. The molecular weight excluding hydrogens is 235 g/mol. The first kappa shape index (κ1) is 10.5. The van der Waals surface area contributed by atoms with Gasteiger partial charge in [-0.05, 0) is 24.6 Å². The molecule has 13 heavy (non-hydrogen) atoms. The molecule has 0 radical (unpaired) electrons. The van der Waals surface area contributed by atoms with E-state index in [1.807, 2.05) is 0 Å². The van der Waals surface area contributed by atoms with Gasteiger partial charge in [-0.3, -0.25) is 0 Å². The van der Waals surface area contributed by atoms with Gasteiger partial charge >= 0.3 is 0 Å². The largest absolute Gasteiger partial charge is 0.497 e. The van der Waals surface area contributed by atoms with Crippen LogP contribution in [0.25, 0.3) is 0 Å². The highest BCUT2D eigenvalue weighted by Crippen LogP contribution is 2.29. The van der Waals surface area contributed by atoms with Crippen molar-refractivity contribution in [3.8, 4) is 5.75 Å². The standard InChI is InChI=1S/C10H12BrFO/c1-10(12,7-11)8-4-3-5-9(6-8)13-2/h3-6H,7H2,1-2H3/t10-/m1/s1. The molecule has 1 nitrogen and oxygen atoms in total. The number of alkyl halides is 2. The molecule has 72 valence electrons. The number of halogens is 2. The average Bonchev–Trinajstić information content (AvgIpc) is 2.18. The van der Waals surface area contributed by atoms with E-state index in [9.17, 15) is 4.39 Å². The van der Waals surface area contributed by atoms with Gasteiger partial charge in [-0.2, -0.15) is 0 Å². The Balaban J connectivity index is 3.01. The van der Waals surface area contributed by atoms with E-state index in [1.54, 1.807) is 31.4 Å². The molecule has 0 bridgehead atoms. The summed E-state index contributed by atoms with van der Waals surface area (Å²) in [6.45, 7) is 1.54. The Morgan fingerprint density at radius 3 is 2.77 bits per heavy atom. The lowest BCUT2D eigenvalue weighted by molar-refractivity contribution is 0.229. The number of ether oxygens (including phenoxy) is 1. The first-order chi connectivity index (χ1) is 6.10. The van der Waals surface area contributed by atoms with E-state index in [-0.39, 0.29) is 5.33 Å². The van der Waals surface area contributed by atoms with E-state index in [0.29, 0.717) is 11.3 Å². The molecule has 0 N–H and O–H groups in total. The summed E-state index contributed by atoms with van der Waals surface area (Å²) in [5, 5.41) is 0.285. The minimum absolute atomic E-state index is 0.285. The fraction of sp³-hybridized carbons (Fsp3) is 0.400. The molecule has 0 aliphatic rings. The minimum Gasteiger partial charge on any atom is -0.497 e. The van der Waals surface area contributed by atoms with Gasteiger partial charge < -0.3 is 4.74 Å². The number of rotatable bonds is 3. The molecule has 0 heterocycles. The van der Waals surface area contributed by atoms with Gasteiger partial charge in [0.2, 0.25) is 0 Å². The first-order valence-corrected chi connectivity index (χ1v) is 5.12. The Morgan fingerprint density at radius 2 is 2.23 bits per heavy atom. The highest BCUT2D eigenvalue weighted by atomic mass is 79.9. The molecule has 0 spiro atoms. The second-order valence-electron chi connectivity index (χ2n) is 3.06. The number of benzene rings is 1. The van der Waals surface area contributed by atoms with Crippen molar-refractivity contribution in [3.05, 3.63) is 29.8 Å². The lowest BCUT2D eigenvalue weighted by Crippen LogP contribution is -2.16. The predicted molar refractivity (Wildman–Crippen MR) is 55.2 cm³/mol. The smallest absolute Gasteiger partial charge is 0.143 e. The van der Waals surface area contributed by atoms with Crippen LogP contribution in [-0.4, -0.2) is 12.4 Å². The van der Waals surface area contributed by atoms with Gasteiger partial charge in [0.15, 0.2) is 0 Å². The molecule has 0 amide bonds. The Morgan fingerprint density at radius 1 is 1.54 bits per heavy atom. The summed E-state index contributed by atoms with van der Waals surface area (Å²) in [7, 11) is 1.57. The normalized spacial score (nSPS) is 15.1. The fourth-order valence-electron chi connectivity index (χ4n) is 1.02.